The third-order valence-electron chi connectivity index (χ3n) is 4.78. The van der Waals surface area contributed by atoms with Gasteiger partial charge in [0.1, 0.15) is 0 Å². The Kier molecular flexibility index (Phi) is 4.68. The summed E-state index contributed by atoms with van der Waals surface area (Å²) in [5.41, 5.74) is -0.989. The van der Waals surface area contributed by atoms with Gasteiger partial charge in [0.25, 0.3) is 0 Å². The average molecular weight is 282 g/mol. The summed E-state index contributed by atoms with van der Waals surface area (Å²) in [6.07, 6.45) is 7.26. The van der Waals surface area contributed by atoms with E-state index in [2.05, 4.69) is 17.6 Å². The first-order chi connectivity index (χ1) is 9.52. The molecule has 20 heavy (non-hydrogen) atoms. The predicted molar refractivity (Wildman–Crippen MR) is 76.5 cm³/mol. The molecule has 1 aliphatic heterocycles. The van der Waals surface area contributed by atoms with Crippen LogP contribution in [0.2, 0.25) is 0 Å². The Morgan fingerprint density at radius 2 is 1.90 bits per heavy atom. The third-order valence-corrected chi connectivity index (χ3v) is 4.78. The number of carbonyl (C=O) groups excluding carboxylic acids is 1. The van der Waals surface area contributed by atoms with E-state index in [9.17, 15) is 9.59 Å². The van der Waals surface area contributed by atoms with E-state index in [1.54, 1.807) is 0 Å². The van der Waals surface area contributed by atoms with Crippen molar-refractivity contribution in [1.29, 1.82) is 0 Å². The molecular formula is C15H26N2O3. The van der Waals surface area contributed by atoms with Crippen LogP contribution in [0.1, 0.15) is 64.7 Å². The summed E-state index contributed by atoms with van der Waals surface area (Å²) in [5, 5.41) is 15.6. The number of nitrogens with one attached hydrogen (secondary N) is 2. The summed E-state index contributed by atoms with van der Waals surface area (Å²) in [5.74, 6) is -0.809. The van der Waals surface area contributed by atoms with Crippen LogP contribution < -0.4 is 10.6 Å². The van der Waals surface area contributed by atoms with E-state index in [0.29, 0.717) is 0 Å². The largest absolute Gasteiger partial charge is 0.481 e. The van der Waals surface area contributed by atoms with Crippen LogP contribution in [0.15, 0.2) is 0 Å². The first-order valence-electron chi connectivity index (χ1n) is 7.81. The highest BCUT2D eigenvalue weighted by atomic mass is 16.4. The van der Waals surface area contributed by atoms with Gasteiger partial charge in [0.2, 0.25) is 5.91 Å². The van der Waals surface area contributed by atoms with Crippen molar-refractivity contribution in [2.75, 3.05) is 6.54 Å². The van der Waals surface area contributed by atoms with Crippen LogP contribution in [0.3, 0.4) is 0 Å². The third kappa shape index (κ3) is 3.14. The van der Waals surface area contributed by atoms with Gasteiger partial charge in [-0.25, -0.2) is 0 Å². The predicted octanol–water partition coefficient (Wildman–Crippen LogP) is 1.81. The van der Waals surface area contributed by atoms with E-state index < -0.39 is 17.0 Å². The Morgan fingerprint density at radius 1 is 1.20 bits per heavy atom. The van der Waals surface area contributed by atoms with Gasteiger partial charge in [0.05, 0.1) is 17.5 Å². The number of rotatable bonds is 6. The van der Waals surface area contributed by atoms with Gasteiger partial charge in [-0.15, -0.1) is 0 Å². The molecule has 1 saturated carbocycles. The number of hydrogen-bond acceptors (Lipinski definition) is 3. The average Bonchev–Trinajstić information content (AvgIpc) is 2.99. The van der Waals surface area contributed by atoms with Crippen LogP contribution in [-0.4, -0.2) is 34.6 Å². The lowest BCUT2D eigenvalue weighted by atomic mass is 9.87. The Balaban J connectivity index is 2.09. The van der Waals surface area contributed by atoms with E-state index in [-0.39, 0.29) is 12.3 Å². The van der Waals surface area contributed by atoms with Crippen molar-refractivity contribution >= 4 is 11.9 Å². The van der Waals surface area contributed by atoms with Crippen LogP contribution in [0, 0.1) is 0 Å². The summed E-state index contributed by atoms with van der Waals surface area (Å²) in [7, 11) is 0. The van der Waals surface area contributed by atoms with Gasteiger partial charge in [0, 0.05) is 0 Å². The smallest absolute Gasteiger partial charge is 0.305 e. The second-order valence-corrected chi connectivity index (χ2v) is 6.37. The lowest BCUT2D eigenvalue weighted by molar-refractivity contribution is -0.139. The molecule has 5 nitrogen and oxygen atoms in total. The molecule has 2 rings (SSSR count). The number of hydrogen-bond donors (Lipinski definition) is 3. The monoisotopic (exact) mass is 282 g/mol. The van der Waals surface area contributed by atoms with Crippen molar-refractivity contribution < 1.29 is 14.7 Å². The number of carbonyl (C=O) groups is 2. The molecular weight excluding hydrogens is 256 g/mol. The number of carboxylic acids is 1. The van der Waals surface area contributed by atoms with Crippen molar-refractivity contribution in [3.63, 3.8) is 0 Å². The summed E-state index contributed by atoms with van der Waals surface area (Å²) in [4.78, 5) is 23.8. The first kappa shape index (κ1) is 15.3. The summed E-state index contributed by atoms with van der Waals surface area (Å²) >= 11 is 0. The van der Waals surface area contributed by atoms with E-state index in [4.69, 9.17) is 5.11 Å². The van der Waals surface area contributed by atoms with Gasteiger partial charge in [-0.05, 0) is 38.6 Å². The van der Waals surface area contributed by atoms with Gasteiger partial charge in [-0.2, -0.15) is 0 Å². The Labute approximate surface area is 120 Å². The van der Waals surface area contributed by atoms with Gasteiger partial charge < -0.3 is 15.7 Å². The highest BCUT2D eigenvalue weighted by Crippen LogP contribution is 2.34. The SMILES string of the molecule is CCCC1(C(=O)NC2(CC(=O)O)CCCC2)CCCN1. The molecule has 2 aliphatic rings. The fourth-order valence-corrected chi connectivity index (χ4v) is 3.80. The molecule has 3 N–H and O–H groups in total. The van der Waals surface area contributed by atoms with Gasteiger partial charge >= 0.3 is 5.97 Å². The van der Waals surface area contributed by atoms with Crippen LogP contribution in [0.4, 0.5) is 0 Å². The van der Waals surface area contributed by atoms with E-state index in [0.717, 1.165) is 57.9 Å². The molecule has 114 valence electrons. The molecule has 1 saturated heterocycles. The minimum absolute atomic E-state index is 0.0139. The van der Waals surface area contributed by atoms with Crippen LogP contribution in [-0.2, 0) is 9.59 Å². The molecule has 0 aromatic carbocycles. The van der Waals surface area contributed by atoms with Crippen molar-refractivity contribution in [2.45, 2.75) is 75.8 Å². The van der Waals surface area contributed by atoms with Gasteiger partial charge in [-0.1, -0.05) is 26.2 Å². The number of amides is 1. The van der Waals surface area contributed by atoms with Crippen LogP contribution in [0.5, 0.6) is 0 Å². The molecule has 1 aliphatic carbocycles. The highest BCUT2D eigenvalue weighted by Gasteiger charge is 2.45. The molecule has 0 bridgehead atoms. The second-order valence-electron chi connectivity index (χ2n) is 6.37. The lowest BCUT2D eigenvalue weighted by Gasteiger charge is -2.35. The molecule has 2 fully saturated rings. The fourth-order valence-electron chi connectivity index (χ4n) is 3.80. The molecule has 0 spiro atoms. The lowest BCUT2D eigenvalue weighted by Crippen LogP contribution is -2.59. The fraction of sp³-hybridized carbons (Fsp3) is 0.867. The molecule has 1 heterocycles. The zero-order valence-corrected chi connectivity index (χ0v) is 12.3. The second kappa shape index (κ2) is 6.12. The minimum Gasteiger partial charge on any atom is -0.481 e. The molecule has 1 atom stereocenters. The summed E-state index contributed by atoms with van der Waals surface area (Å²) in [6, 6.07) is 0. The van der Waals surface area contributed by atoms with Crippen molar-refractivity contribution in [1.82, 2.24) is 10.6 Å². The minimum atomic E-state index is -0.823. The molecule has 1 unspecified atom stereocenters. The van der Waals surface area contributed by atoms with E-state index in [1.807, 2.05) is 0 Å². The number of carboxylic acid groups (broad SMARTS) is 1. The quantitative estimate of drug-likeness (QED) is 0.694. The maximum atomic E-state index is 12.7. The van der Waals surface area contributed by atoms with Crippen molar-refractivity contribution in [3.8, 4) is 0 Å². The van der Waals surface area contributed by atoms with Crippen molar-refractivity contribution in [2.24, 2.45) is 0 Å². The molecule has 1 amide bonds. The Bertz CT molecular complexity index is 369. The van der Waals surface area contributed by atoms with E-state index >= 15 is 0 Å². The van der Waals surface area contributed by atoms with Crippen LogP contribution in [0.25, 0.3) is 0 Å². The van der Waals surface area contributed by atoms with Gasteiger partial charge in [0.15, 0.2) is 0 Å². The summed E-state index contributed by atoms with van der Waals surface area (Å²) in [6.45, 7) is 2.96. The molecule has 5 heteroatoms. The molecule has 0 aromatic heterocycles. The zero-order chi connectivity index (χ0) is 14.6. The highest BCUT2D eigenvalue weighted by molar-refractivity contribution is 5.88. The molecule has 0 radical (unpaired) electrons. The Morgan fingerprint density at radius 3 is 2.40 bits per heavy atom. The number of aliphatic carboxylic acids is 1. The van der Waals surface area contributed by atoms with Gasteiger partial charge in [-0.3, -0.25) is 9.59 Å². The zero-order valence-electron chi connectivity index (χ0n) is 12.3. The Hall–Kier alpha value is -1.10. The maximum absolute atomic E-state index is 12.7. The molecule has 0 aromatic rings. The van der Waals surface area contributed by atoms with E-state index in [1.165, 1.54) is 0 Å². The summed E-state index contributed by atoms with van der Waals surface area (Å²) < 4.78 is 0. The van der Waals surface area contributed by atoms with Crippen molar-refractivity contribution in [3.05, 3.63) is 0 Å². The topological polar surface area (TPSA) is 78.4 Å². The standard InChI is InChI=1S/C15H26N2O3/c1-2-6-15(9-5-10-16-15)13(20)17-14(11-12(18)19)7-3-4-8-14/h16H,2-11H2,1H3,(H,17,20)(H,18,19). The normalized spacial score (nSPS) is 28.4. The first-order valence-corrected chi connectivity index (χ1v) is 7.81. The maximum Gasteiger partial charge on any atom is 0.305 e. The van der Waals surface area contributed by atoms with Crippen LogP contribution >= 0.6 is 0 Å².